The number of amidine groups is 1. The summed E-state index contributed by atoms with van der Waals surface area (Å²) in [5, 5.41) is 20.2. The molecule has 3 aromatic rings. The Hall–Kier alpha value is -3.74. The van der Waals surface area contributed by atoms with Gasteiger partial charge in [0.2, 0.25) is 0 Å². The van der Waals surface area contributed by atoms with Crippen LogP contribution in [0, 0.1) is 17.1 Å². The van der Waals surface area contributed by atoms with E-state index < -0.39 is 32.7 Å². The van der Waals surface area contributed by atoms with Gasteiger partial charge in [-0.15, -0.1) is 4.40 Å². The van der Waals surface area contributed by atoms with Gasteiger partial charge in [0.05, 0.1) is 17.7 Å². The van der Waals surface area contributed by atoms with Crippen LogP contribution in [0.1, 0.15) is 48.3 Å². The van der Waals surface area contributed by atoms with E-state index in [2.05, 4.69) is 15.8 Å². The lowest BCUT2D eigenvalue weighted by Gasteiger charge is -2.38. The number of nitrogens with zero attached hydrogens (tertiary/aromatic N) is 2. The van der Waals surface area contributed by atoms with Crippen LogP contribution in [0.15, 0.2) is 77.2 Å². The topological polar surface area (TPSA) is 112 Å². The first-order valence-corrected chi connectivity index (χ1v) is 12.9. The maximum absolute atomic E-state index is 14.4. The smallest absolute Gasteiger partial charge is 0.301 e. The van der Waals surface area contributed by atoms with Crippen LogP contribution in [0.25, 0.3) is 11.1 Å². The first-order chi connectivity index (χ1) is 17.1. The second kappa shape index (κ2) is 10.1. The van der Waals surface area contributed by atoms with Gasteiger partial charge in [0.15, 0.2) is 0 Å². The molecule has 186 valence electrons. The van der Waals surface area contributed by atoms with Crippen molar-refractivity contribution >= 4 is 16.0 Å². The van der Waals surface area contributed by atoms with E-state index in [0.717, 1.165) is 11.1 Å². The van der Waals surface area contributed by atoms with Crippen molar-refractivity contribution in [3.05, 3.63) is 95.3 Å². The molecule has 0 saturated heterocycles. The van der Waals surface area contributed by atoms with Gasteiger partial charge in [-0.3, -0.25) is 0 Å². The lowest BCUT2D eigenvalue weighted by molar-refractivity contribution is 0.0759. The minimum atomic E-state index is -4.06. The Morgan fingerprint density at radius 1 is 1.08 bits per heavy atom. The van der Waals surface area contributed by atoms with Crippen molar-refractivity contribution in [3.8, 4) is 17.2 Å². The molecule has 2 N–H and O–H groups in total. The molecule has 1 aliphatic heterocycles. The first kappa shape index (κ1) is 25.4. The van der Waals surface area contributed by atoms with Gasteiger partial charge in [-0.1, -0.05) is 54.6 Å². The van der Waals surface area contributed by atoms with Crippen molar-refractivity contribution in [1.82, 2.24) is 5.32 Å². The van der Waals surface area contributed by atoms with Crippen LogP contribution in [-0.4, -0.2) is 31.8 Å². The van der Waals surface area contributed by atoms with E-state index in [1.165, 1.54) is 6.07 Å². The zero-order valence-corrected chi connectivity index (χ0v) is 20.7. The number of aliphatic hydroxyl groups excluding tert-OH is 1. The molecule has 0 aliphatic carbocycles. The highest BCUT2D eigenvalue weighted by Crippen LogP contribution is 2.41. The van der Waals surface area contributed by atoms with Gasteiger partial charge in [0, 0.05) is 12.2 Å². The molecule has 2 atom stereocenters. The third-order valence-corrected chi connectivity index (χ3v) is 7.91. The zero-order chi connectivity index (χ0) is 25.9. The Labute approximate surface area is 209 Å². The normalized spacial score (nSPS) is 18.9. The quantitative estimate of drug-likeness (QED) is 0.504. The van der Waals surface area contributed by atoms with E-state index in [1.807, 2.05) is 24.3 Å². The van der Waals surface area contributed by atoms with Crippen LogP contribution in [0.3, 0.4) is 0 Å². The summed E-state index contributed by atoms with van der Waals surface area (Å²) in [7, 11) is -4.06. The number of benzene rings is 3. The minimum Gasteiger partial charge on any atom is -0.457 e. The van der Waals surface area contributed by atoms with Gasteiger partial charge in [0.25, 0.3) is 10.0 Å². The predicted molar refractivity (Wildman–Crippen MR) is 135 cm³/mol. The average molecular weight is 508 g/mol. The number of aliphatic hydroxyl groups is 1. The van der Waals surface area contributed by atoms with Gasteiger partial charge in [0.1, 0.15) is 16.7 Å². The van der Waals surface area contributed by atoms with Crippen LogP contribution in [0.2, 0.25) is 0 Å². The minimum absolute atomic E-state index is 0.129. The molecule has 0 radical (unpaired) electrons. The van der Waals surface area contributed by atoms with Crippen LogP contribution in [0.5, 0.6) is 0 Å². The fraction of sp³-hybridized carbons (Fsp3) is 0.259. The average Bonchev–Trinajstić information content (AvgIpc) is 2.83. The van der Waals surface area contributed by atoms with Crippen molar-refractivity contribution in [2.24, 2.45) is 4.40 Å². The standard InChI is InChI=1S/C27H26FN3O4S/c1-27(2)25(21-13-11-20(12-14-21)19-9-7-18(17-29)8-10-19)36(33,34)31-26(35-27)30-24(15-16-32)22-5-3-4-6-23(22)28/h3-14,24-25,32H,15-16H2,1-2H3,(H,30,31)/t24-,25?/m0/s1. The molecule has 1 aliphatic rings. The number of rotatable bonds is 6. The molecule has 1 heterocycles. The number of nitriles is 1. The Morgan fingerprint density at radius 2 is 1.69 bits per heavy atom. The van der Waals surface area contributed by atoms with Crippen molar-refractivity contribution < 1.29 is 22.7 Å². The zero-order valence-electron chi connectivity index (χ0n) is 19.8. The van der Waals surface area contributed by atoms with E-state index in [4.69, 9.17) is 10.00 Å². The SMILES string of the molecule is CC1(C)OC(N[C@@H](CCO)c2ccccc2F)=NS(=O)(=O)C1c1ccc(-c2ccc(C#N)cc2)cc1. The van der Waals surface area contributed by atoms with E-state index >= 15 is 0 Å². The molecule has 0 bridgehead atoms. The highest BCUT2D eigenvalue weighted by atomic mass is 32.2. The first-order valence-electron chi connectivity index (χ1n) is 11.4. The molecular formula is C27H26FN3O4S. The van der Waals surface area contributed by atoms with Crippen LogP contribution in [0.4, 0.5) is 4.39 Å². The maximum atomic E-state index is 14.4. The maximum Gasteiger partial charge on any atom is 0.301 e. The highest BCUT2D eigenvalue weighted by molar-refractivity contribution is 7.90. The van der Waals surface area contributed by atoms with Gasteiger partial charge in [-0.2, -0.15) is 5.26 Å². The number of hydrogen-bond acceptors (Lipinski definition) is 6. The Balaban J connectivity index is 1.62. The third kappa shape index (κ3) is 5.25. The number of hydrogen-bond donors (Lipinski definition) is 2. The summed E-state index contributed by atoms with van der Waals surface area (Å²) in [5.74, 6) is -0.484. The van der Waals surface area contributed by atoms with Crippen LogP contribution < -0.4 is 5.32 Å². The van der Waals surface area contributed by atoms with Gasteiger partial charge >= 0.3 is 6.02 Å². The largest absolute Gasteiger partial charge is 0.457 e. The second-order valence-corrected chi connectivity index (χ2v) is 10.7. The second-order valence-electron chi connectivity index (χ2n) is 9.04. The molecule has 0 spiro atoms. The van der Waals surface area contributed by atoms with Crippen molar-refractivity contribution in [1.29, 1.82) is 5.26 Å². The summed E-state index contributed by atoms with van der Waals surface area (Å²) in [5.41, 5.74) is 1.92. The number of nitrogens with one attached hydrogen (secondary N) is 1. The van der Waals surface area contributed by atoms with Gasteiger partial charge in [-0.25, -0.2) is 12.8 Å². The Morgan fingerprint density at radius 3 is 2.25 bits per heavy atom. The number of halogens is 1. The molecule has 0 fully saturated rings. The summed E-state index contributed by atoms with van der Waals surface area (Å²) in [6.45, 7) is 3.07. The molecule has 0 saturated carbocycles. The molecule has 9 heteroatoms. The summed E-state index contributed by atoms with van der Waals surface area (Å²) in [6, 6.07) is 21.4. The number of sulfonamides is 1. The van der Waals surface area contributed by atoms with Crippen LogP contribution >= 0.6 is 0 Å². The van der Waals surface area contributed by atoms with Crippen molar-refractivity contribution in [3.63, 3.8) is 0 Å². The van der Waals surface area contributed by atoms with Gasteiger partial charge in [-0.05, 0) is 55.2 Å². The van der Waals surface area contributed by atoms with E-state index in [0.29, 0.717) is 11.1 Å². The molecule has 7 nitrogen and oxygen atoms in total. The molecule has 0 aromatic heterocycles. The number of ether oxygens (including phenoxy) is 1. The Kier molecular flexibility index (Phi) is 7.11. The third-order valence-electron chi connectivity index (χ3n) is 6.06. The highest BCUT2D eigenvalue weighted by Gasteiger charge is 2.47. The van der Waals surface area contributed by atoms with Crippen molar-refractivity contribution in [2.75, 3.05) is 6.61 Å². The molecule has 4 rings (SSSR count). The lowest BCUT2D eigenvalue weighted by atomic mass is 9.95. The molecule has 1 unspecified atom stereocenters. The molecule has 0 amide bonds. The van der Waals surface area contributed by atoms with E-state index in [1.54, 1.807) is 56.3 Å². The molecule has 36 heavy (non-hydrogen) atoms. The summed E-state index contributed by atoms with van der Waals surface area (Å²) in [6.07, 6.45) is 0.129. The van der Waals surface area contributed by atoms with Crippen molar-refractivity contribution in [2.45, 2.75) is 37.2 Å². The molecule has 3 aromatic carbocycles. The monoisotopic (exact) mass is 507 g/mol. The fourth-order valence-corrected chi connectivity index (χ4v) is 6.10. The summed E-state index contributed by atoms with van der Waals surface area (Å²) < 4.78 is 50.8. The summed E-state index contributed by atoms with van der Waals surface area (Å²) >= 11 is 0. The fourth-order valence-electron chi connectivity index (χ4n) is 4.41. The summed E-state index contributed by atoms with van der Waals surface area (Å²) in [4.78, 5) is 0. The van der Waals surface area contributed by atoms with E-state index in [-0.39, 0.29) is 24.6 Å². The lowest BCUT2D eigenvalue weighted by Crippen LogP contribution is -2.47. The van der Waals surface area contributed by atoms with Gasteiger partial charge < -0.3 is 15.2 Å². The Bertz CT molecular complexity index is 1410. The predicted octanol–water partition coefficient (Wildman–Crippen LogP) is 4.61. The van der Waals surface area contributed by atoms with E-state index in [9.17, 15) is 17.9 Å². The molecular weight excluding hydrogens is 481 g/mol. The van der Waals surface area contributed by atoms with Crippen LogP contribution in [-0.2, 0) is 14.8 Å².